The van der Waals surface area contributed by atoms with Crippen LogP contribution in [0.3, 0.4) is 0 Å². The van der Waals surface area contributed by atoms with Gasteiger partial charge in [-0.15, -0.1) is 0 Å². The average molecular weight is 347 g/mol. The van der Waals surface area contributed by atoms with Crippen LogP contribution in [0.5, 0.6) is 0 Å². The summed E-state index contributed by atoms with van der Waals surface area (Å²) >= 11 is 3.45. The average Bonchev–Trinajstić information content (AvgIpc) is 2.44. The molecule has 1 amide bonds. The van der Waals surface area contributed by atoms with Crippen molar-refractivity contribution in [1.82, 2.24) is 0 Å². The van der Waals surface area contributed by atoms with Crippen LogP contribution < -0.4 is 11.1 Å². The largest absolute Gasteiger partial charge is 0.368 e. The van der Waals surface area contributed by atoms with Gasteiger partial charge in [-0.1, -0.05) is 47.1 Å². The molecule has 0 aromatic heterocycles. The van der Waals surface area contributed by atoms with Crippen molar-refractivity contribution in [3.8, 4) is 0 Å². The third-order valence-corrected chi connectivity index (χ3v) is 4.14. The van der Waals surface area contributed by atoms with Crippen LogP contribution in [0.15, 0.2) is 53.0 Å². The fourth-order valence-electron chi connectivity index (χ4n) is 2.47. The zero-order valence-corrected chi connectivity index (χ0v) is 13.8. The Morgan fingerprint density at radius 1 is 1.24 bits per heavy atom. The van der Waals surface area contributed by atoms with Gasteiger partial charge in [0.05, 0.1) is 0 Å². The van der Waals surface area contributed by atoms with E-state index in [1.165, 1.54) is 0 Å². The Morgan fingerprint density at radius 2 is 1.95 bits per heavy atom. The summed E-state index contributed by atoms with van der Waals surface area (Å²) in [6.07, 6.45) is 0.562. The molecule has 0 bridgehead atoms. The maximum absolute atomic E-state index is 12.2. The minimum atomic E-state index is -0.919. The van der Waals surface area contributed by atoms with Gasteiger partial charge in [0.15, 0.2) is 0 Å². The van der Waals surface area contributed by atoms with Crippen LogP contribution in [0.25, 0.3) is 0 Å². The maximum Gasteiger partial charge on any atom is 0.247 e. The Kier molecular flexibility index (Phi) is 4.68. The van der Waals surface area contributed by atoms with E-state index in [1.54, 1.807) is 0 Å². The molecule has 2 rings (SSSR count). The second-order valence-electron chi connectivity index (χ2n) is 5.13. The summed E-state index contributed by atoms with van der Waals surface area (Å²) in [6.45, 7) is 3.97. The van der Waals surface area contributed by atoms with E-state index in [-0.39, 0.29) is 5.91 Å². The second-order valence-corrected chi connectivity index (χ2v) is 6.04. The molecule has 1 unspecified atom stereocenters. The van der Waals surface area contributed by atoms with Crippen molar-refractivity contribution in [3.63, 3.8) is 0 Å². The van der Waals surface area contributed by atoms with E-state index in [4.69, 9.17) is 5.73 Å². The number of amides is 1. The quantitative estimate of drug-likeness (QED) is 0.860. The van der Waals surface area contributed by atoms with E-state index in [2.05, 4.69) is 21.2 Å². The molecule has 0 aliphatic carbocycles. The van der Waals surface area contributed by atoms with Crippen LogP contribution in [0.4, 0.5) is 5.69 Å². The van der Waals surface area contributed by atoms with Crippen LogP contribution in [-0.2, 0) is 10.3 Å². The van der Waals surface area contributed by atoms with E-state index < -0.39 is 5.54 Å². The normalized spacial score (nSPS) is 13.5. The molecule has 0 aliphatic rings. The minimum absolute atomic E-state index is 0.385. The Bertz CT molecular complexity index is 657. The van der Waals surface area contributed by atoms with E-state index >= 15 is 0 Å². The monoisotopic (exact) mass is 346 g/mol. The van der Waals surface area contributed by atoms with Crippen molar-refractivity contribution in [2.24, 2.45) is 5.73 Å². The molecule has 0 saturated heterocycles. The first-order valence-electron chi connectivity index (χ1n) is 6.89. The van der Waals surface area contributed by atoms with E-state index in [9.17, 15) is 4.79 Å². The molecular weight excluding hydrogens is 328 g/mol. The molecule has 2 aromatic rings. The predicted molar refractivity (Wildman–Crippen MR) is 90.1 cm³/mol. The van der Waals surface area contributed by atoms with Gasteiger partial charge < -0.3 is 11.1 Å². The molecule has 3 nitrogen and oxygen atoms in total. The molecule has 0 radical (unpaired) electrons. The van der Waals surface area contributed by atoms with Gasteiger partial charge in [-0.3, -0.25) is 4.79 Å². The number of hydrogen-bond donors (Lipinski definition) is 2. The van der Waals surface area contributed by atoms with Gasteiger partial charge in [-0.2, -0.15) is 0 Å². The zero-order valence-electron chi connectivity index (χ0n) is 12.2. The van der Waals surface area contributed by atoms with Crippen LogP contribution in [0, 0.1) is 6.92 Å². The number of nitrogens with one attached hydrogen (secondary N) is 1. The molecule has 110 valence electrons. The van der Waals surface area contributed by atoms with Crippen molar-refractivity contribution in [3.05, 3.63) is 64.1 Å². The molecule has 0 heterocycles. The summed E-state index contributed by atoms with van der Waals surface area (Å²) in [5.41, 5.74) is 7.68. The summed E-state index contributed by atoms with van der Waals surface area (Å²) < 4.78 is 0.921. The minimum Gasteiger partial charge on any atom is -0.368 e. The number of halogens is 1. The summed E-state index contributed by atoms with van der Waals surface area (Å²) in [5.74, 6) is -0.385. The lowest BCUT2D eigenvalue weighted by molar-refractivity contribution is -0.122. The fraction of sp³-hybridized carbons (Fsp3) is 0.235. The fourth-order valence-corrected chi connectivity index (χ4v) is 2.87. The van der Waals surface area contributed by atoms with E-state index in [0.717, 1.165) is 21.3 Å². The van der Waals surface area contributed by atoms with Gasteiger partial charge in [0, 0.05) is 10.2 Å². The molecule has 0 spiro atoms. The lowest BCUT2D eigenvalue weighted by Crippen LogP contribution is -2.47. The smallest absolute Gasteiger partial charge is 0.247 e. The Morgan fingerprint density at radius 3 is 2.52 bits per heavy atom. The highest BCUT2D eigenvalue weighted by molar-refractivity contribution is 9.10. The molecule has 3 N–H and O–H groups in total. The summed E-state index contributed by atoms with van der Waals surface area (Å²) in [7, 11) is 0. The topological polar surface area (TPSA) is 55.1 Å². The number of benzene rings is 2. The molecule has 4 heteroatoms. The molecular formula is C17H19BrN2O. The number of hydrogen-bond acceptors (Lipinski definition) is 2. The highest BCUT2D eigenvalue weighted by Gasteiger charge is 2.36. The van der Waals surface area contributed by atoms with Crippen molar-refractivity contribution < 1.29 is 4.79 Å². The highest BCUT2D eigenvalue weighted by atomic mass is 79.9. The molecule has 21 heavy (non-hydrogen) atoms. The summed E-state index contributed by atoms with van der Waals surface area (Å²) in [6, 6.07) is 15.6. The van der Waals surface area contributed by atoms with Crippen molar-refractivity contribution in [1.29, 1.82) is 0 Å². The number of primary amides is 1. The number of carbonyl (C=O) groups excluding carboxylic acids is 1. The van der Waals surface area contributed by atoms with Crippen LogP contribution in [-0.4, -0.2) is 5.91 Å². The third kappa shape index (κ3) is 3.27. The summed E-state index contributed by atoms with van der Waals surface area (Å²) in [5, 5.41) is 3.33. The van der Waals surface area contributed by atoms with Crippen molar-refractivity contribution >= 4 is 27.5 Å². The number of carbonyl (C=O) groups is 1. The third-order valence-electron chi connectivity index (χ3n) is 3.64. The Balaban J connectivity index is 2.49. The van der Waals surface area contributed by atoms with E-state index in [1.807, 2.05) is 62.4 Å². The Hall–Kier alpha value is -1.81. The second kappa shape index (κ2) is 6.31. The molecule has 2 aromatic carbocycles. The first kappa shape index (κ1) is 15.6. The van der Waals surface area contributed by atoms with Crippen molar-refractivity contribution in [2.75, 3.05) is 5.32 Å². The van der Waals surface area contributed by atoms with Crippen LogP contribution in [0.1, 0.15) is 24.5 Å². The van der Waals surface area contributed by atoms with Crippen LogP contribution >= 0.6 is 15.9 Å². The maximum atomic E-state index is 12.2. The molecule has 1 atom stereocenters. The van der Waals surface area contributed by atoms with Gasteiger partial charge in [0.25, 0.3) is 0 Å². The molecule has 0 saturated carbocycles. The first-order valence-corrected chi connectivity index (χ1v) is 7.68. The standard InChI is InChI=1S/C17H19BrN2O/c1-3-17(16(19)21,13-7-5-8-14(18)11-13)20-15-9-4-6-12(2)10-15/h4-11,20H,3H2,1-2H3,(H2,19,21). The number of rotatable bonds is 5. The summed E-state index contributed by atoms with van der Waals surface area (Å²) in [4.78, 5) is 12.2. The zero-order chi connectivity index (χ0) is 15.5. The van der Waals surface area contributed by atoms with Crippen LogP contribution in [0.2, 0.25) is 0 Å². The lowest BCUT2D eigenvalue weighted by Gasteiger charge is -2.32. The molecule has 0 aliphatic heterocycles. The molecule has 0 fully saturated rings. The van der Waals surface area contributed by atoms with Gasteiger partial charge in [0.2, 0.25) is 5.91 Å². The number of nitrogens with two attached hydrogens (primary N) is 1. The number of anilines is 1. The van der Waals surface area contributed by atoms with E-state index in [0.29, 0.717) is 6.42 Å². The predicted octanol–water partition coefficient (Wildman–Crippen LogP) is 3.96. The Labute approximate surface area is 133 Å². The van der Waals surface area contributed by atoms with Gasteiger partial charge in [0.1, 0.15) is 5.54 Å². The SMILES string of the molecule is CCC(Nc1cccc(C)c1)(C(N)=O)c1cccc(Br)c1. The van der Waals surface area contributed by atoms with Gasteiger partial charge >= 0.3 is 0 Å². The lowest BCUT2D eigenvalue weighted by atomic mass is 9.86. The first-order chi connectivity index (χ1) is 9.98. The van der Waals surface area contributed by atoms with Gasteiger partial charge in [-0.25, -0.2) is 0 Å². The number of aryl methyl sites for hydroxylation is 1. The van der Waals surface area contributed by atoms with Gasteiger partial charge in [-0.05, 0) is 48.7 Å². The highest BCUT2D eigenvalue weighted by Crippen LogP contribution is 2.31. The van der Waals surface area contributed by atoms with Crippen molar-refractivity contribution in [2.45, 2.75) is 25.8 Å².